The van der Waals surface area contributed by atoms with E-state index in [0.717, 1.165) is 17.7 Å². The molecule has 0 bridgehead atoms. The fourth-order valence-electron chi connectivity index (χ4n) is 4.10. The number of fused-ring (bicyclic) bond motifs is 1. The van der Waals surface area contributed by atoms with Crippen LogP contribution in [0.25, 0.3) is 0 Å². The molecule has 0 radical (unpaired) electrons. The molecule has 1 aliphatic rings. The molecule has 1 heterocycles. The maximum absolute atomic E-state index is 14.5. The van der Waals surface area contributed by atoms with Crippen LogP contribution in [0, 0.1) is 18.6 Å². The van der Waals surface area contributed by atoms with Crippen LogP contribution in [0.5, 0.6) is 5.75 Å². The summed E-state index contributed by atoms with van der Waals surface area (Å²) in [7, 11) is -3.84. The van der Waals surface area contributed by atoms with E-state index in [2.05, 4.69) is 0 Å². The van der Waals surface area contributed by atoms with Crippen molar-refractivity contribution in [3.8, 4) is 5.75 Å². The van der Waals surface area contributed by atoms with E-state index in [-0.39, 0.29) is 30.2 Å². The first-order valence-corrected chi connectivity index (χ1v) is 13.1. The van der Waals surface area contributed by atoms with Gasteiger partial charge in [-0.15, -0.1) is 0 Å². The lowest BCUT2D eigenvalue weighted by Gasteiger charge is -2.23. The lowest BCUT2D eigenvalue weighted by atomic mass is 9.86. The van der Waals surface area contributed by atoms with Crippen molar-refractivity contribution in [3.05, 3.63) is 94.6 Å². The van der Waals surface area contributed by atoms with Crippen molar-refractivity contribution >= 4 is 16.0 Å². The third-order valence-electron chi connectivity index (χ3n) is 5.90. The second kappa shape index (κ2) is 11.6. The van der Waals surface area contributed by atoms with Crippen LogP contribution in [-0.4, -0.2) is 37.0 Å². The predicted molar refractivity (Wildman–Crippen MR) is 133 cm³/mol. The van der Waals surface area contributed by atoms with E-state index < -0.39 is 40.0 Å². The summed E-state index contributed by atoms with van der Waals surface area (Å²) in [4.78, 5) is 11.6. The molecule has 192 valence electrons. The minimum absolute atomic E-state index is 0.0331. The van der Waals surface area contributed by atoms with Crippen LogP contribution >= 0.6 is 0 Å². The first-order chi connectivity index (χ1) is 17.2. The monoisotopic (exact) mass is 517 g/mol. The maximum Gasteiger partial charge on any atom is 0.304 e. The number of benzene rings is 3. The average molecular weight is 518 g/mol. The summed E-state index contributed by atoms with van der Waals surface area (Å²) >= 11 is 0. The van der Waals surface area contributed by atoms with Crippen molar-refractivity contribution < 1.29 is 31.8 Å². The van der Waals surface area contributed by atoms with Crippen LogP contribution in [0.2, 0.25) is 0 Å². The highest BCUT2D eigenvalue weighted by Gasteiger charge is 2.31. The molecule has 3 aromatic carbocycles. The highest BCUT2D eigenvalue weighted by Crippen LogP contribution is 2.34. The van der Waals surface area contributed by atoms with E-state index in [1.165, 1.54) is 16.4 Å². The second-order valence-corrected chi connectivity index (χ2v) is 10.0. The largest absolute Gasteiger partial charge is 0.491 e. The maximum atomic E-state index is 14.5. The van der Waals surface area contributed by atoms with E-state index in [9.17, 15) is 27.1 Å². The fraction of sp³-hybridized carbons (Fsp3) is 0.296. The number of aliphatic carboxylic acids is 1. The number of rotatable bonds is 6. The molecule has 0 fully saturated rings. The molecule has 0 saturated heterocycles. The SMILES string of the molecule is CC.Cc1ccc(C(CC(=O)O)c2ccc(F)cc2F)cc1CN1CCOc2ccccc2S1(=O)=O. The summed E-state index contributed by atoms with van der Waals surface area (Å²) in [6, 6.07) is 14.6. The van der Waals surface area contributed by atoms with Gasteiger partial charge in [-0.2, -0.15) is 4.31 Å². The van der Waals surface area contributed by atoms with Crippen molar-refractivity contribution in [2.75, 3.05) is 13.2 Å². The number of ether oxygens (including phenoxy) is 1. The molecule has 0 amide bonds. The molecule has 9 heteroatoms. The molecule has 0 saturated carbocycles. The Hall–Kier alpha value is -3.30. The quantitative estimate of drug-likeness (QED) is 0.468. The number of aryl methyl sites for hydroxylation is 1. The highest BCUT2D eigenvalue weighted by atomic mass is 32.2. The molecule has 3 aromatic rings. The standard InChI is InChI=1S/C25H23F2NO5S.C2H6/c1-16-6-7-17(21(14-25(29)30)20-9-8-19(26)13-22(20)27)12-18(16)15-28-10-11-33-23-4-2-3-5-24(23)34(28,31)32;1-2/h2-9,12-13,21H,10-11,14-15H2,1H3,(H,29,30);1-2H3. The van der Waals surface area contributed by atoms with E-state index >= 15 is 0 Å². The minimum atomic E-state index is -3.84. The van der Waals surface area contributed by atoms with Crippen molar-refractivity contribution in [3.63, 3.8) is 0 Å². The number of nitrogens with zero attached hydrogens (tertiary/aromatic N) is 1. The van der Waals surface area contributed by atoms with Gasteiger partial charge in [-0.25, -0.2) is 17.2 Å². The van der Waals surface area contributed by atoms with E-state index in [4.69, 9.17) is 4.74 Å². The van der Waals surface area contributed by atoms with Gasteiger partial charge in [0.25, 0.3) is 0 Å². The number of carboxylic acids is 1. The van der Waals surface area contributed by atoms with Gasteiger partial charge in [-0.3, -0.25) is 4.79 Å². The summed E-state index contributed by atoms with van der Waals surface area (Å²) in [6.45, 7) is 6.16. The van der Waals surface area contributed by atoms with Crippen LogP contribution < -0.4 is 4.74 Å². The Morgan fingerprint density at radius 2 is 1.81 bits per heavy atom. The molecule has 0 aromatic heterocycles. The zero-order valence-corrected chi connectivity index (χ0v) is 21.2. The van der Waals surface area contributed by atoms with Crippen LogP contribution in [0.3, 0.4) is 0 Å². The number of sulfonamides is 1. The number of halogens is 2. The summed E-state index contributed by atoms with van der Waals surface area (Å²) < 4.78 is 61.5. The van der Waals surface area contributed by atoms with Gasteiger partial charge in [0.2, 0.25) is 10.0 Å². The Labute approximate surface area is 210 Å². The summed E-state index contributed by atoms with van der Waals surface area (Å²) in [5.74, 6) is -3.31. The van der Waals surface area contributed by atoms with Gasteiger partial charge in [0.15, 0.2) is 0 Å². The average Bonchev–Trinajstić information content (AvgIpc) is 2.96. The Bertz CT molecular complexity index is 1340. The summed E-state index contributed by atoms with van der Waals surface area (Å²) in [5.41, 5.74) is 2.00. The number of hydrogen-bond acceptors (Lipinski definition) is 4. The molecule has 1 atom stereocenters. The zero-order chi connectivity index (χ0) is 26.5. The third-order valence-corrected chi connectivity index (χ3v) is 7.79. The molecule has 6 nitrogen and oxygen atoms in total. The molecule has 0 aliphatic carbocycles. The molecular weight excluding hydrogens is 488 g/mol. The number of hydrogen-bond donors (Lipinski definition) is 1. The first-order valence-electron chi connectivity index (χ1n) is 11.6. The first kappa shape index (κ1) is 27.3. The van der Waals surface area contributed by atoms with E-state index in [0.29, 0.717) is 16.9 Å². The van der Waals surface area contributed by atoms with Gasteiger partial charge in [0.05, 0.1) is 6.42 Å². The smallest absolute Gasteiger partial charge is 0.304 e. The topological polar surface area (TPSA) is 83.9 Å². The molecule has 36 heavy (non-hydrogen) atoms. The van der Waals surface area contributed by atoms with Gasteiger partial charge in [-0.05, 0) is 47.4 Å². The van der Waals surface area contributed by atoms with Gasteiger partial charge < -0.3 is 9.84 Å². The zero-order valence-electron chi connectivity index (χ0n) is 20.4. The van der Waals surface area contributed by atoms with Crippen molar-refractivity contribution in [1.82, 2.24) is 4.31 Å². The Morgan fingerprint density at radius 3 is 2.50 bits per heavy atom. The lowest BCUT2D eigenvalue weighted by molar-refractivity contribution is -0.137. The molecule has 1 N–H and O–H groups in total. The predicted octanol–water partition coefficient (Wildman–Crippen LogP) is 5.49. The van der Waals surface area contributed by atoms with Gasteiger partial charge in [0.1, 0.15) is 28.9 Å². The molecule has 4 rings (SSSR count). The molecular formula is C27H29F2NO5S. The Kier molecular flexibility index (Phi) is 8.81. The third kappa shape index (κ3) is 5.91. The summed E-state index contributed by atoms with van der Waals surface area (Å²) in [5, 5.41) is 9.43. The molecule has 1 unspecified atom stereocenters. The highest BCUT2D eigenvalue weighted by molar-refractivity contribution is 7.89. The molecule has 1 aliphatic heterocycles. The Morgan fingerprint density at radius 1 is 1.08 bits per heavy atom. The number of para-hydroxylation sites is 1. The number of carboxylic acid groups (broad SMARTS) is 1. The van der Waals surface area contributed by atoms with Gasteiger partial charge >= 0.3 is 5.97 Å². The van der Waals surface area contributed by atoms with Crippen molar-refractivity contribution in [2.24, 2.45) is 0 Å². The van der Waals surface area contributed by atoms with Crippen LogP contribution in [-0.2, 0) is 21.4 Å². The van der Waals surface area contributed by atoms with Gasteiger partial charge in [0, 0.05) is 25.1 Å². The van der Waals surface area contributed by atoms with Crippen molar-refractivity contribution in [1.29, 1.82) is 0 Å². The minimum Gasteiger partial charge on any atom is -0.491 e. The Balaban J connectivity index is 0.00000176. The van der Waals surface area contributed by atoms with Gasteiger partial charge in [-0.1, -0.05) is 50.2 Å². The van der Waals surface area contributed by atoms with Crippen LogP contribution in [0.4, 0.5) is 8.78 Å². The van der Waals surface area contributed by atoms with E-state index in [1.54, 1.807) is 36.4 Å². The van der Waals surface area contributed by atoms with Crippen LogP contribution in [0.15, 0.2) is 65.6 Å². The normalized spacial score (nSPS) is 15.5. The fourth-order valence-corrected chi connectivity index (χ4v) is 5.63. The lowest BCUT2D eigenvalue weighted by Crippen LogP contribution is -2.32. The van der Waals surface area contributed by atoms with Crippen LogP contribution in [0.1, 0.15) is 48.4 Å². The molecule has 0 spiro atoms. The summed E-state index contributed by atoms with van der Waals surface area (Å²) in [6.07, 6.45) is -0.408. The van der Waals surface area contributed by atoms with E-state index in [1.807, 2.05) is 20.8 Å². The van der Waals surface area contributed by atoms with Crippen molar-refractivity contribution in [2.45, 2.75) is 44.6 Å². The second-order valence-electron chi connectivity index (χ2n) is 8.14. The number of carbonyl (C=O) groups is 1.